The molecule has 0 fully saturated rings. The molecule has 0 spiro atoms. The van der Waals surface area contributed by atoms with Crippen LogP contribution in [0.15, 0.2) is 0 Å². The first-order valence-electron chi connectivity index (χ1n) is 7.08. The SMILES string of the molecule is CCCCCCCCCCC[CH2][Na].O=S(=O)([O-])[O-].[Cu+2]. The van der Waals surface area contributed by atoms with Crippen LogP contribution < -0.4 is 0 Å². The van der Waals surface area contributed by atoms with E-state index in [4.69, 9.17) is 17.5 Å². The van der Waals surface area contributed by atoms with Crippen molar-refractivity contribution in [3.8, 4) is 0 Å². The molecule has 1 radical (unpaired) electrons. The van der Waals surface area contributed by atoms with Gasteiger partial charge in [0.15, 0.2) is 0 Å². The van der Waals surface area contributed by atoms with Crippen LogP contribution in [-0.4, -0.2) is 45.5 Å². The van der Waals surface area contributed by atoms with Gasteiger partial charge in [-0.25, -0.2) is 0 Å². The van der Waals surface area contributed by atoms with Gasteiger partial charge in [-0.2, -0.15) is 0 Å². The van der Waals surface area contributed by atoms with Gasteiger partial charge in [0, 0.05) is 10.4 Å². The second kappa shape index (κ2) is 19.4. The summed E-state index contributed by atoms with van der Waals surface area (Å²) in [5, 5.41) is 0. The quantitative estimate of drug-likeness (QED) is 0.262. The van der Waals surface area contributed by atoms with Crippen LogP contribution in [0.25, 0.3) is 0 Å². The Balaban J connectivity index is -0.000000366. The normalized spacial score (nSPS) is 10.4. The van der Waals surface area contributed by atoms with Gasteiger partial charge < -0.3 is 9.11 Å². The summed E-state index contributed by atoms with van der Waals surface area (Å²) in [6, 6.07) is 0. The fourth-order valence-electron chi connectivity index (χ4n) is 1.74. The van der Waals surface area contributed by atoms with E-state index >= 15 is 0 Å². The molecule has 0 aromatic carbocycles. The molecule has 4 nitrogen and oxygen atoms in total. The number of unbranched alkanes of at least 4 members (excludes halogenated alkanes) is 9. The zero-order chi connectivity index (χ0) is 14.3. The summed E-state index contributed by atoms with van der Waals surface area (Å²) in [6.45, 7) is 2.29. The van der Waals surface area contributed by atoms with Crippen LogP contribution in [0.4, 0.5) is 0 Å². The van der Waals surface area contributed by atoms with Gasteiger partial charge in [-0.3, -0.25) is 8.42 Å². The monoisotopic (exact) mass is 351 g/mol. The standard InChI is InChI=1S/C12H25.Cu.Na.H2O4S/c1-3-5-7-9-11-12-10-8-6-4-2;;;1-5(2,3)4/h1,3-12H2,2H3;;;(H2,1,2,3,4)/q;+2;;/p-2. The Labute approximate surface area is 147 Å². The van der Waals surface area contributed by atoms with Crippen molar-refractivity contribution in [1.82, 2.24) is 0 Å². The van der Waals surface area contributed by atoms with Crippen LogP contribution in [0.3, 0.4) is 0 Å². The van der Waals surface area contributed by atoms with Gasteiger partial charge in [0.05, 0.1) is 0 Å². The average molecular weight is 352 g/mol. The molecule has 115 valence electrons. The van der Waals surface area contributed by atoms with Crippen LogP contribution in [0.1, 0.15) is 71.1 Å². The molecule has 0 aromatic heterocycles. The van der Waals surface area contributed by atoms with Crippen molar-refractivity contribution in [1.29, 1.82) is 0 Å². The van der Waals surface area contributed by atoms with Crippen molar-refractivity contribution >= 4 is 38.3 Å². The van der Waals surface area contributed by atoms with Crippen LogP contribution in [0.5, 0.6) is 0 Å². The molecule has 0 rings (SSSR count). The summed E-state index contributed by atoms with van der Waals surface area (Å²) < 4.78 is 35.6. The zero-order valence-electron chi connectivity index (χ0n) is 12.1. The smallest absolute Gasteiger partial charge is 0.759 e. The molecular weight excluding hydrogens is 327 g/mol. The van der Waals surface area contributed by atoms with E-state index in [0.717, 1.165) is 0 Å². The number of hydrogen-bond acceptors (Lipinski definition) is 4. The van der Waals surface area contributed by atoms with Gasteiger partial charge in [0.1, 0.15) is 0 Å². The number of rotatable bonds is 10. The molecule has 0 aromatic rings. The maximum absolute atomic E-state index is 8.52. The molecule has 0 atom stereocenters. The fourth-order valence-corrected chi connectivity index (χ4v) is 2.24. The van der Waals surface area contributed by atoms with E-state index in [-0.39, 0.29) is 17.1 Å². The minimum Gasteiger partial charge on any atom is -0.759 e. The van der Waals surface area contributed by atoms with Gasteiger partial charge >= 0.3 is 120 Å². The summed E-state index contributed by atoms with van der Waals surface area (Å²) in [7, 11) is -5.17. The molecule has 0 bridgehead atoms. The second-order valence-corrected chi connectivity index (χ2v) is 6.41. The summed E-state index contributed by atoms with van der Waals surface area (Å²) >= 11 is 1.41. The molecule has 0 aliphatic heterocycles. The summed E-state index contributed by atoms with van der Waals surface area (Å²) in [5.74, 6) is 0. The molecule has 19 heavy (non-hydrogen) atoms. The van der Waals surface area contributed by atoms with Crippen molar-refractivity contribution in [2.24, 2.45) is 0 Å². The Morgan fingerprint density at radius 1 is 0.789 bits per heavy atom. The first-order chi connectivity index (χ1) is 8.41. The van der Waals surface area contributed by atoms with E-state index in [0.29, 0.717) is 0 Å². The first-order valence-corrected chi connectivity index (χ1v) is 9.83. The third-order valence-electron chi connectivity index (χ3n) is 2.71. The van der Waals surface area contributed by atoms with Crippen molar-refractivity contribution in [3.05, 3.63) is 0 Å². The third-order valence-corrected chi connectivity index (χ3v) is 3.41. The van der Waals surface area contributed by atoms with Gasteiger partial charge in [-0.15, -0.1) is 0 Å². The zero-order valence-corrected chi connectivity index (χ0v) is 15.9. The molecule has 0 aliphatic carbocycles. The minimum atomic E-state index is -5.17. The Morgan fingerprint density at radius 3 is 1.32 bits per heavy atom. The van der Waals surface area contributed by atoms with Gasteiger partial charge in [-0.05, 0) is 0 Å². The van der Waals surface area contributed by atoms with Gasteiger partial charge in [-0.1, -0.05) is 0 Å². The number of hydrogen-bond donors (Lipinski definition) is 0. The van der Waals surface area contributed by atoms with E-state index in [1.807, 2.05) is 0 Å². The van der Waals surface area contributed by atoms with Crippen LogP contribution in [-0.2, 0) is 27.5 Å². The molecule has 0 amide bonds. The van der Waals surface area contributed by atoms with E-state index in [1.165, 1.54) is 95.8 Å². The van der Waals surface area contributed by atoms with Crippen LogP contribution in [0.2, 0.25) is 3.67 Å². The maximum atomic E-state index is 8.52. The molecular formula is C12H25CuNaO4S. The van der Waals surface area contributed by atoms with Gasteiger partial charge in [0.2, 0.25) is 0 Å². The predicted octanol–water partition coefficient (Wildman–Crippen LogP) is 3.15. The van der Waals surface area contributed by atoms with Crippen molar-refractivity contribution < 1.29 is 34.6 Å². The molecule has 0 heterocycles. The first kappa shape index (κ1) is 25.3. The Bertz CT molecular complexity index is 230. The second-order valence-electron chi connectivity index (χ2n) is 4.59. The maximum Gasteiger partial charge on any atom is 2.00 e. The molecule has 0 unspecified atom stereocenters. The minimum absolute atomic E-state index is 0. The fraction of sp³-hybridized carbons (Fsp3) is 1.00. The van der Waals surface area contributed by atoms with E-state index < -0.39 is 10.4 Å². The largest absolute Gasteiger partial charge is 2.00 e. The molecule has 7 heteroatoms. The Morgan fingerprint density at radius 2 is 1.05 bits per heavy atom. The summed E-state index contributed by atoms with van der Waals surface area (Å²) in [4.78, 5) is 0. The van der Waals surface area contributed by atoms with Crippen molar-refractivity contribution in [3.63, 3.8) is 0 Å². The van der Waals surface area contributed by atoms with Crippen LogP contribution >= 0.6 is 0 Å². The average Bonchev–Trinajstić information content (AvgIpc) is 2.25. The summed E-state index contributed by atoms with van der Waals surface area (Å²) in [6.07, 6.45) is 14.7. The molecule has 0 saturated heterocycles. The van der Waals surface area contributed by atoms with E-state index in [2.05, 4.69) is 6.92 Å². The van der Waals surface area contributed by atoms with Crippen molar-refractivity contribution in [2.75, 3.05) is 0 Å². The Hall–Kier alpha value is 1.39. The topological polar surface area (TPSA) is 80.3 Å². The van der Waals surface area contributed by atoms with Crippen molar-refractivity contribution in [2.45, 2.75) is 74.8 Å². The van der Waals surface area contributed by atoms with E-state index in [1.54, 1.807) is 0 Å². The van der Waals surface area contributed by atoms with Gasteiger partial charge in [0.25, 0.3) is 0 Å². The molecule has 0 aliphatic rings. The van der Waals surface area contributed by atoms with Crippen LogP contribution in [0, 0.1) is 0 Å². The third kappa shape index (κ3) is 45.2. The molecule has 0 N–H and O–H groups in total. The summed E-state index contributed by atoms with van der Waals surface area (Å²) in [5.41, 5.74) is 0. The Kier molecular flexibility index (Phi) is 25.9. The van der Waals surface area contributed by atoms with E-state index in [9.17, 15) is 0 Å². The molecule has 0 saturated carbocycles. The predicted molar refractivity (Wildman–Crippen MR) is 72.9 cm³/mol.